The van der Waals surface area contributed by atoms with Crippen LogP contribution >= 0.6 is 0 Å². The zero-order chi connectivity index (χ0) is 15.5. The van der Waals surface area contributed by atoms with Crippen LogP contribution in [0.15, 0.2) is 42.6 Å². The number of methoxy groups -OCH3 is 1. The Morgan fingerprint density at radius 1 is 1.14 bits per heavy atom. The maximum atomic E-state index is 12.1. The van der Waals surface area contributed by atoms with Crippen LogP contribution in [-0.2, 0) is 10.0 Å². The van der Waals surface area contributed by atoms with Crippen molar-refractivity contribution >= 4 is 15.9 Å². The molecule has 0 aliphatic rings. The fourth-order valence-corrected chi connectivity index (χ4v) is 2.34. The molecule has 0 aliphatic carbocycles. The molecule has 110 valence electrons. The van der Waals surface area contributed by atoms with Crippen LogP contribution in [0.2, 0.25) is 0 Å². The SMILES string of the molecule is COc1ncccc1-c1ccccc1C(=O)NS(C)(=O)=O. The van der Waals surface area contributed by atoms with E-state index in [0.29, 0.717) is 17.0 Å². The van der Waals surface area contributed by atoms with Gasteiger partial charge in [-0.2, -0.15) is 0 Å². The van der Waals surface area contributed by atoms with Crippen molar-refractivity contribution in [1.29, 1.82) is 0 Å². The first-order chi connectivity index (χ1) is 9.92. The lowest BCUT2D eigenvalue weighted by Gasteiger charge is -2.11. The summed E-state index contributed by atoms with van der Waals surface area (Å²) in [4.78, 5) is 16.2. The fraction of sp³-hybridized carbons (Fsp3) is 0.143. The molecule has 0 saturated carbocycles. The highest BCUT2D eigenvalue weighted by atomic mass is 32.2. The smallest absolute Gasteiger partial charge is 0.265 e. The van der Waals surface area contributed by atoms with Crippen LogP contribution in [0.5, 0.6) is 5.88 Å². The Hall–Kier alpha value is -2.41. The van der Waals surface area contributed by atoms with Crippen molar-refractivity contribution in [2.75, 3.05) is 13.4 Å². The van der Waals surface area contributed by atoms with Gasteiger partial charge >= 0.3 is 0 Å². The number of carbonyl (C=O) groups excluding carboxylic acids is 1. The summed E-state index contributed by atoms with van der Waals surface area (Å²) >= 11 is 0. The molecule has 6 nitrogen and oxygen atoms in total. The summed E-state index contributed by atoms with van der Waals surface area (Å²) in [7, 11) is -2.16. The third-order valence-corrected chi connectivity index (χ3v) is 3.26. The van der Waals surface area contributed by atoms with Gasteiger partial charge < -0.3 is 4.74 Å². The van der Waals surface area contributed by atoms with Gasteiger partial charge in [0.15, 0.2) is 0 Å². The fourth-order valence-electron chi connectivity index (χ4n) is 1.90. The number of nitrogens with one attached hydrogen (secondary N) is 1. The van der Waals surface area contributed by atoms with Crippen molar-refractivity contribution < 1.29 is 17.9 Å². The number of aromatic nitrogens is 1. The molecule has 0 unspecified atom stereocenters. The number of sulfonamides is 1. The van der Waals surface area contributed by atoms with E-state index in [-0.39, 0.29) is 5.56 Å². The molecule has 0 radical (unpaired) electrons. The lowest BCUT2D eigenvalue weighted by molar-refractivity contribution is 0.0982. The molecular weight excluding hydrogens is 292 g/mol. The number of ether oxygens (including phenoxy) is 1. The Kier molecular flexibility index (Phi) is 4.23. The average molecular weight is 306 g/mol. The maximum absolute atomic E-state index is 12.1. The second-order valence-electron chi connectivity index (χ2n) is 4.31. The minimum atomic E-state index is -3.63. The highest BCUT2D eigenvalue weighted by Crippen LogP contribution is 2.30. The molecule has 0 spiro atoms. The van der Waals surface area contributed by atoms with Crippen molar-refractivity contribution in [1.82, 2.24) is 9.71 Å². The Morgan fingerprint density at radius 2 is 1.81 bits per heavy atom. The lowest BCUT2D eigenvalue weighted by atomic mass is 10.0. The number of rotatable bonds is 4. The minimum Gasteiger partial charge on any atom is -0.481 e. The Labute approximate surface area is 122 Å². The first-order valence-electron chi connectivity index (χ1n) is 6.03. The number of amides is 1. The van der Waals surface area contributed by atoms with E-state index in [9.17, 15) is 13.2 Å². The third-order valence-electron chi connectivity index (χ3n) is 2.70. The summed E-state index contributed by atoms with van der Waals surface area (Å²) < 4.78 is 29.6. The van der Waals surface area contributed by atoms with Gasteiger partial charge in [0, 0.05) is 17.3 Å². The van der Waals surface area contributed by atoms with E-state index in [1.165, 1.54) is 7.11 Å². The molecule has 1 aromatic heterocycles. The summed E-state index contributed by atoms with van der Waals surface area (Å²) in [5.41, 5.74) is 1.39. The number of benzene rings is 1. The molecule has 1 heterocycles. The molecule has 1 amide bonds. The van der Waals surface area contributed by atoms with E-state index in [2.05, 4.69) is 4.98 Å². The van der Waals surface area contributed by atoms with Gasteiger partial charge in [-0.25, -0.2) is 18.1 Å². The number of pyridine rings is 1. The monoisotopic (exact) mass is 306 g/mol. The van der Waals surface area contributed by atoms with Crippen LogP contribution in [0.25, 0.3) is 11.1 Å². The Morgan fingerprint density at radius 3 is 2.48 bits per heavy atom. The molecule has 0 atom stereocenters. The van der Waals surface area contributed by atoms with Crippen LogP contribution in [0.3, 0.4) is 0 Å². The molecule has 2 rings (SSSR count). The van der Waals surface area contributed by atoms with Crippen molar-refractivity contribution in [3.63, 3.8) is 0 Å². The van der Waals surface area contributed by atoms with Gasteiger partial charge in [-0.3, -0.25) is 4.79 Å². The normalized spacial score (nSPS) is 11.0. The van der Waals surface area contributed by atoms with Gasteiger partial charge in [-0.1, -0.05) is 18.2 Å². The minimum absolute atomic E-state index is 0.231. The third kappa shape index (κ3) is 3.57. The first kappa shape index (κ1) is 15.0. The van der Waals surface area contributed by atoms with Crippen LogP contribution in [0, 0.1) is 0 Å². The summed E-state index contributed by atoms with van der Waals surface area (Å²) in [6.45, 7) is 0. The van der Waals surface area contributed by atoms with Crippen molar-refractivity contribution in [3.05, 3.63) is 48.2 Å². The highest BCUT2D eigenvalue weighted by Gasteiger charge is 2.18. The standard InChI is InChI=1S/C14H14N2O4S/c1-20-14-12(8-5-9-15-14)10-6-3-4-7-11(10)13(17)16-21(2,18)19/h3-9H,1-2H3,(H,16,17). The highest BCUT2D eigenvalue weighted by molar-refractivity contribution is 7.89. The van der Waals surface area contributed by atoms with Crippen LogP contribution < -0.4 is 9.46 Å². The van der Waals surface area contributed by atoms with Crippen molar-refractivity contribution in [3.8, 4) is 17.0 Å². The van der Waals surface area contributed by atoms with Gasteiger partial charge in [0.1, 0.15) is 0 Å². The topological polar surface area (TPSA) is 85.4 Å². The largest absolute Gasteiger partial charge is 0.481 e. The number of hydrogen-bond acceptors (Lipinski definition) is 5. The maximum Gasteiger partial charge on any atom is 0.265 e. The zero-order valence-electron chi connectivity index (χ0n) is 11.5. The molecule has 1 N–H and O–H groups in total. The van der Waals surface area contributed by atoms with Crippen LogP contribution in [0.1, 0.15) is 10.4 Å². The summed E-state index contributed by atoms with van der Waals surface area (Å²) in [6.07, 6.45) is 2.50. The molecular formula is C14H14N2O4S. The molecule has 0 fully saturated rings. The van der Waals surface area contributed by atoms with Crippen molar-refractivity contribution in [2.24, 2.45) is 0 Å². The van der Waals surface area contributed by atoms with Gasteiger partial charge in [0.2, 0.25) is 15.9 Å². The van der Waals surface area contributed by atoms with E-state index in [1.807, 2.05) is 4.72 Å². The van der Waals surface area contributed by atoms with Gasteiger partial charge in [0.05, 0.1) is 13.4 Å². The Balaban J connectivity index is 2.54. The summed E-state index contributed by atoms with van der Waals surface area (Å²) in [5.74, 6) is -0.337. The summed E-state index contributed by atoms with van der Waals surface area (Å²) in [5, 5.41) is 0. The number of nitrogens with zero attached hydrogens (tertiary/aromatic N) is 1. The predicted octanol–water partition coefficient (Wildman–Crippen LogP) is 1.45. The van der Waals surface area contributed by atoms with Gasteiger partial charge in [-0.05, 0) is 23.8 Å². The van der Waals surface area contributed by atoms with Crippen LogP contribution in [0.4, 0.5) is 0 Å². The van der Waals surface area contributed by atoms with E-state index in [4.69, 9.17) is 4.74 Å². The van der Waals surface area contributed by atoms with E-state index >= 15 is 0 Å². The predicted molar refractivity (Wildman–Crippen MR) is 78.5 cm³/mol. The average Bonchev–Trinajstić information content (AvgIpc) is 2.45. The van der Waals surface area contributed by atoms with Crippen LogP contribution in [-0.4, -0.2) is 32.7 Å². The van der Waals surface area contributed by atoms with E-state index in [1.54, 1.807) is 42.6 Å². The summed E-state index contributed by atoms with van der Waals surface area (Å²) in [6, 6.07) is 10.1. The van der Waals surface area contributed by atoms with E-state index < -0.39 is 15.9 Å². The molecule has 2 aromatic rings. The molecule has 1 aromatic carbocycles. The van der Waals surface area contributed by atoms with Gasteiger partial charge in [-0.15, -0.1) is 0 Å². The van der Waals surface area contributed by atoms with Crippen molar-refractivity contribution in [2.45, 2.75) is 0 Å². The zero-order valence-corrected chi connectivity index (χ0v) is 12.3. The molecule has 7 heteroatoms. The molecule has 21 heavy (non-hydrogen) atoms. The molecule has 0 aliphatic heterocycles. The quantitative estimate of drug-likeness (QED) is 0.924. The van der Waals surface area contributed by atoms with E-state index in [0.717, 1.165) is 6.26 Å². The number of hydrogen-bond donors (Lipinski definition) is 1. The first-order valence-corrected chi connectivity index (χ1v) is 7.92. The molecule has 0 saturated heterocycles. The molecule has 0 bridgehead atoms. The lowest BCUT2D eigenvalue weighted by Crippen LogP contribution is -2.29. The second-order valence-corrected chi connectivity index (χ2v) is 6.06. The second kappa shape index (κ2) is 5.92. The Bertz CT molecular complexity index is 772. The number of carbonyl (C=O) groups is 1. The van der Waals surface area contributed by atoms with Gasteiger partial charge in [0.25, 0.3) is 5.91 Å².